The molecule has 7 aromatic carbocycles. The van der Waals surface area contributed by atoms with Crippen molar-refractivity contribution < 1.29 is 0 Å². The minimum absolute atomic E-state index is 0.653. The first kappa shape index (κ1) is 26.7. The molecule has 0 fully saturated rings. The van der Waals surface area contributed by atoms with E-state index in [1.807, 2.05) is 12.4 Å². The first-order chi connectivity index (χ1) is 23.8. The van der Waals surface area contributed by atoms with Crippen LogP contribution in [0.15, 0.2) is 170 Å². The summed E-state index contributed by atoms with van der Waals surface area (Å²) in [5, 5.41) is 7.24. The lowest BCUT2D eigenvalue weighted by atomic mass is 10.0. The molecule has 224 valence electrons. The Kier molecular flexibility index (Phi) is 5.84. The number of para-hydroxylation sites is 2. The smallest absolute Gasteiger partial charge is 0.234 e. The molecule has 4 nitrogen and oxygen atoms in total. The van der Waals surface area contributed by atoms with Crippen LogP contribution >= 0.6 is 0 Å². The molecular formula is C44H28N4. The zero-order chi connectivity index (χ0) is 31.6. The Morgan fingerprint density at radius 3 is 1.62 bits per heavy atom. The SMILES string of the molecule is c1ccc(-c2ccc(-n3c4ccccc4c4cc5c6ccccc6n(-c6ncc(-c7ccc8ccccc8c7)cn6)c5cc43)cc2)cc1. The zero-order valence-electron chi connectivity index (χ0n) is 26.0. The third-order valence-corrected chi connectivity index (χ3v) is 9.62. The molecule has 48 heavy (non-hydrogen) atoms. The van der Waals surface area contributed by atoms with Crippen molar-refractivity contribution in [2.24, 2.45) is 0 Å². The molecule has 3 aromatic heterocycles. The summed E-state index contributed by atoms with van der Waals surface area (Å²) in [6.07, 6.45) is 3.88. The Morgan fingerprint density at radius 2 is 0.896 bits per heavy atom. The number of hydrogen-bond donors (Lipinski definition) is 0. The summed E-state index contributed by atoms with van der Waals surface area (Å²) >= 11 is 0. The second-order valence-corrected chi connectivity index (χ2v) is 12.3. The van der Waals surface area contributed by atoms with Gasteiger partial charge < -0.3 is 4.57 Å². The van der Waals surface area contributed by atoms with Gasteiger partial charge in [0.05, 0.1) is 22.1 Å². The maximum absolute atomic E-state index is 4.96. The van der Waals surface area contributed by atoms with Crippen LogP contribution in [-0.4, -0.2) is 19.1 Å². The molecule has 0 bridgehead atoms. The van der Waals surface area contributed by atoms with E-state index in [1.165, 1.54) is 49.0 Å². The van der Waals surface area contributed by atoms with Crippen LogP contribution in [0.25, 0.3) is 88.3 Å². The predicted octanol–water partition coefficient (Wildman–Crippen LogP) is 11.2. The molecule has 0 saturated heterocycles. The van der Waals surface area contributed by atoms with Gasteiger partial charge in [-0.15, -0.1) is 0 Å². The number of hydrogen-bond acceptors (Lipinski definition) is 2. The molecule has 0 spiro atoms. The normalized spacial score (nSPS) is 11.8. The van der Waals surface area contributed by atoms with Gasteiger partial charge in [-0.25, -0.2) is 9.97 Å². The number of benzene rings is 7. The molecular weight excluding hydrogens is 585 g/mol. The second kappa shape index (κ2) is 10.5. The van der Waals surface area contributed by atoms with Crippen molar-refractivity contribution in [3.05, 3.63) is 170 Å². The van der Waals surface area contributed by atoms with Crippen LogP contribution in [0, 0.1) is 0 Å². The molecule has 0 saturated carbocycles. The van der Waals surface area contributed by atoms with Gasteiger partial charge in [0.25, 0.3) is 0 Å². The standard InChI is InChI=1S/C44H28N4/c1-2-10-29(11-3-1)31-20-22-35(23-21-31)47-40-16-8-6-14-36(40)38-25-39-37-15-7-9-17-41(37)48(43(39)26-42(38)47)44-45-27-34(28-46-44)33-19-18-30-12-4-5-13-32(30)24-33/h1-28H. The summed E-state index contributed by atoms with van der Waals surface area (Å²) in [5.41, 5.74) is 10.1. The molecule has 0 radical (unpaired) electrons. The summed E-state index contributed by atoms with van der Waals surface area (Å²) in [5.74, 6) is 0.653. The van der Waals surface area contributed by atoms with Crippen molar-refractivity contribution in [3.8, 4) is 33.9 Å². The summed E-state index contributed by atoms with van der Waals surface area (Å²) < 4.78 is 4.58. The van der Waals surface area contributed by atoms with E-state index in [0.29, 0.717) is 5.95 Å². The van der Waals surface area contributed by atoms with E-state index in [9.17, 15) is 0 Å². The van der Waals surface area contributed by atoms with Gasteiger partial charge in [0, 0.05) is 45.2 Å². The van der Waals surface area contributed by atoms with Crippen molar-refractivity contribution >= 4 is 54.4 Å². The van der Waals surface area contributed by atoms with Gasteiger partial charge in [0.15, 0.2) is 0 Å². The van der Waals surface area contributed by atoms with Crippen molar-refractivity contribution in [2.45, 2.75) is 0 Å². The Balaban J connectivity index is 1.17. The van der Waals surface area contributed by atoms with Crippen LogP contribution in [0.1, 0.15) is 0 Å². The molecule has 0 aliphatic rings. The molecule has 0 atom stereocenters. The maximum atomic E-state index is 4.96. The summed E-state index contributed by atoms with van der Waals surface area (Å²) in [7, 11) is 0. The summed E-state index contributed by atoms with van der Waals surface area (Å²) in [6, 6.07) is 56.3. The quantitative estimate of drug-likeness (QED) is 0.198. The average molecular weight is 613 g/mol. The summed E-state index contributed by atoms with van der Waals surface area (Å²) in [6.45, 7) is 0. The Bertz CT molecular complexity index is 2810. The average Bonchev–Trinajstić information content (AvgIpc) is 3.66. The minimum Gasteiger partial charge on any atom is -0.309 e. The fourth-order valence-electron chi connectivity index (χ4n) is 7.31. The molecule has 10 rings (SSSR count). The molecule has 10 aromatic rings. The first-order valence-corrected chi connectivity index (χ1v) is 16.2. The lowest BCUT2D eigenvalue weighted by Crippen LogP contribution is -2.01. The van der Waals surface area contributed by atoms with Crippen LogP contribution in [0.5, 0.6) is 0 Å². The van der Waals surface area contributed by atoms with Gasteiger partial charge in [-0.3, -0.25) is 4.57 Å². The van der Waals surface area contributed by atoms with Crippen molar-refractivity contribution in [3.63, 3.8) is 0 Å². The van der Waals surface area contributed by atoms with Crippen molar-refractivity contribution in [1.82, 2.24) is 19.1 Å². The van der Waals surface area contributed by atoms with Crippen molar-refractivity contribution in [2.75, 3.05) is 0 Å². The number of aromatic nitrogens is 4. The Morgan fingerprint density at radius 1 is 0.333 bits per heavy atom. The van der Waals surface area contributed by atoms with Gasteiger partial charge in [-0.05, 0) is 69.9 Å². The predicted molar refractivity (Wildman–Crippen MR) is 199 cm³/mol. The zero-order valence-corrected chi connectivity index (χ0v) is 26.0. The van der Waals surface area contributed by atoms with E-state index in [2.05, 4.69) is 167 Å². The van der Waals surface area contributed by atoms with Crippen LogP contribution in [-0.2, 0) is 0 Å². The first-order valence-electron chi connectivity index (χ1n) is 16.2. The van der Waals surface area contributed by atoms with E-state index >= 15 is 0 Å². The third-order valence-electron chi connectivity index (χ3n) is 9.62. The van der Waals surface area contributed by atoms with Crippen LogP contribution in [0.3, 0.4) is 0 Å². The van der Waals surface area contributed by atoms with Gasteiger partial charge in [-0.1, -0.05) is 115 Å². The Labute approximate surface area is 276 Å². The highest BCUT2D eigenvalue weighted by molar-refractivity contribution is 6.19. The van der Waals surface area contributed by atoms with Crippen molar-refractivity contribution in [1.29, 1.82) is 0 Å². The lowest BCUT2D eigenvalue weighted by Gasteiger charge is -2.11. The monoisotopic (exact) mass is 612 g/mol. The van der Waals surface area contributed by atoms with E-state index in [-0.39, 0.29) is 0 Å². The summed E-state index contributed by atoms with van der Waals surface area (Å²) in [4.78, 5) is 9.93. The number of rotatable bonds is 4. The minimum atomic E-state index is 0.653. The maximum Gasteiger partial charge on any atom is 0.234 e. The van der Waals surface area contributed by atoms with Crippen LogP contribution in [0.2, 0.25) is 0 Å². The van der Waals surface area contributed by atoms with Crippen LogP contribution in [0.4, 0.5) is 0 Å². The van der Waals surface area contributed by atoms with Gasteiger partial charge in [0.1, 0.15) is 0 Å². The second-order valence-electron chi connectivity index (χ2n) is 12.3. The van der Waals surface area contributed by atoms with Gasteiger partial charge in [-0.2, -0.15) is 0 Å². The van der Waals surface area contributed by atoms with Crippen LogP contribution < -0.4 is 0 Å². The molecule has 0 N–H and O–H groups in total. The molecule has 4 heteroatoms. The van der Waals surface area contributed by atoms with E-state index < -0.39 is 0 Å². The molecule has 0 unspecified atom stereocenters. The topological polar surface area (TPSA) is 35.6 Å². The third kappa shape index (κ3) is 4.10. The molecule has 0 amide bonds. The highest BCUT2D eigenvalue weighted by Gasteiger charge is 2.19. The number of nitrogens with zero attached hydrogens (tertiary/aromatic N) is 4. The van der Waals surface area contributed by atoms with Gasteiger partial charge >= 0.3 is 0 Å². The van der Waals surface area contributed by atoms with E-state index in [4.69, 9.17) is 9.97 Å². The van der Waals surface area contributed by atoms with Gasteiger partial charge in [0.2, 0.25) is 5.95 Å². The van der Waals surface area contributed by atoms with E-state index in [0.717, 1.165) is 33.4 Å². The highest BCUT2D eigenvalue weighted by atomic mass is 15.1. The lowest BCUT2D eigenvalue weighted by molar-refractivity contribution is 0.990. The largest absolute Gasteiger partial charge is 0.309 e. The fourth-order valence-corrected chi connectivity index (χ4v) is 7.31. The molecule has 3 heterocycles. The highest BCUT2D eigenvalue weighted by Crippen LogP contribution is 2.39. The number of fused-ring (bicyclic) bond motifs is 7. The molecule has 0 aliphatic heterocycles. The fraction of sp³-hybridized carbons (Fsp3) is 0. The Hall–Kier alpha value is -6.52. The molecule has 0 aliphatic carbocycles. The van der Waals surface area contributed by atoms with E-state index in [1.54, 1.807) is 0 Å².